The molecule has 14 heavy (non-hydrogen) atoms. The van der Waals surface area contributed by atoms with E-state index in [0.29, 0.717) is 5.69 Å². The molecule has 0 radical (unpaired) electrons. The number of hydrogen-bond donors (Lipinski definition) is 0. The third-order valence-electron chi connectivity index (χ3n) is 1.77. The number of carbonyl (C=O) groups excluding carboxylic acids is 1. The maximum atomic E-state index is 10.7. The van der Waals surface area contributed by atoms with E-state index in [4.69, 9.17) is 0 Å². The van der Waals surface area contributed by atoms with Crippen molar-refractivity contribution in [2.75, 3.05) is 0 Å². The SMILES string of the molecule is Cc1nc(C=O)c(-c2ccccn2)s1. The Kier molecular flexibility index (Phi) is 2.37. The standard InChI is InChI=1S/C10H8N2OS/c1-7-12-9(6-13)10(14-7)8-4-2-3-5-11-8/h2-6H,1H3. The van der Waals surface area contributed by atoms with Gasteiger partial charge in [-0.25, -0.2) is 4.98 Å². The molecule has 70 valence electrons. The number of aromatic nitrogens is 2. The molecule has 0 fully saturated rings. The Labute approximate surface area is 85.5 Å². The van der Waals surface area contributed by atoms with E-state index in [1.54, 1.807) is 6.20 Å². The number of thiazole rings is 1. The highest BCUT2D eigenvalue weighted by Gasteiger charge is 2.10. The fourth-order valence-corrected chi connectivity index (χ4v) is 2.07. The Hall–Kier alpha value is -1.55. The van der Waals surface area contributed by atoms with Gasteiger partial charge in [0.1, 0.15) is 5.69 Å². The van der Waals surface area contributed by atoms with Crippen LogP contribution in [0.1, 0.15) is 15.5 Å². The van der Waals surface area contributed by atoms with Gasteiger partial charge >= 0.3 is 0 Å². The molecule has 2 heterocycles. The minimum Gasteiger partial charge on any atom is -0.296 e. The molecular formula is C10H8N2OS. The van der Waals surface area contributed by atoms with Gasteiger partial charge in [-0.05, 0) is 19.1 Å². The molecule has 0 bridgehead atoms. The van der Waals surface area contributed by atoms with Crippen LogP contribution in [0, 0.1) is 6.92 Å². The van der Waals surface area contributed by atoms with Gasteiger partial charge in [-0.2, -0.15) is 0 Å². The summed E-state index contributed by atoms with van der Waals surface area (Å²) in [5, 5.41) is 0.882. The Morgan fingerprint density at radius 3 is 2.93 bits per heavy atom. The number of aldehydes is 1. The van der Waals surface area contributed by atoms with Crippen molar-refractivity contribution >= 4 is 17.6 Å². The van der Waals surface area contributed by atoms with Crippen LogP contribution in [0.25, 0.3) is 10.6 Å². The van der Waals surface area contributed by atoms with Crippen molar-refractivity contribution in [1.82, 2.24) is 9.97 Å². The molecule has 0 unspecified atom stereocenters. The lowest BCUT2D eigenvalue weighted by molar-refractivity contribution is 0.112. The Balaban J connectivity index is 2.56. The van der Waals surface area contributed by atoms with E-state index in [1.807, 2.05) is 25.1 Å². The highest BCUT2D eigenvalue weighted by molar-refractivity contribution is 7.15. The molecule has 0 saturated heterocycles. The molecule has 0 aliphatic rings. The minimum atomic E-state index is 0.478. The number of aryl methyl sites for hydroxylation is 1. The minimum absolute atomic E-state index is 0.478. The van der Waals surface area contributed by atoms with Gasteiger partial charge in [-0.1, -0.05) is 6.07 Å². The van der Waals surface area contributed by atoms with E-state index in [1.165, 1.54) is 11.3 Å². The van der Waals surface area contributed by atoms with E-state index >= 15 is 0 Å². The van der Waals surface area contributed by atoms with Gasteiger partial charge in [0.2, 0.25) is 0 Å². The lowest BCUT2D eigenvalue weighted by Gasteiger charge is -1.94. The Bertz CT molecular complexity index is 450. The third kappa shape index (κ3) is 1.56. The van der Waals surface area contributed by atoms with E-state index in [9.17, 15) is 4.79 Å². The molecule has 0 amide bonds. The maximum Gasteiger partial charge on any atom is 0.170 e. The second kappa shape index (κ2) is 3.67. The molecule has 3 nitrogen and oxygen atoms in total. The van der Waals surface area contributed by atoms with Crippen LogP contribution in [0.3, 0.4) is 0 Å². The lowest BCUT2D eigenvalue weighted by atomic mass is 10.3. The summed E-state index contributed by atoms with van der Waals surface area (Å²) in [6.07, 6.45) is 2.48. The van der Waals surface area contributed by atoms with Crippen LogP contribution in [0.5, 0.6) is 0 Å². The summed E-state index contributed by atoms with van der Waals surface area (Å²) >= 11 is 1.49. The first-order chi connectivity index (χ1) is 6.81. The molecule has 2 rings (SSSR count). The predicted molar refractivity (Wildman–Crippen MR) is 55.5 cm³/mol. The zero-order chi connectivity index (χ0) is 9.97. The fourth-order valence-electron chi connectivity index (χ4n) is 1.20. The zero-order valence-corrected chi connectivity index (χ0v) is 8.41. The molecular weight excluding hydrogens is 196 g/mol. The summed E-state index contributed by atoms with van der Waals surface area (Å²) in [5.74, 6) is 0. The Morgan fingerprint density at radius 1 is 1.43 bits per heavy atom. The average Bonchev–Trinajstić information content (AvgIpc) is 2.61. The highest BCUT2D eigenvalue weighted by atomic mass is 32.1. The molecule has 2 aromatic rings. The molecule has 0 aliphatic carbocycles. The first-order valence-corrected chi connectivity index (χ1v) is 4.97. The van der Waals surface area contributed by atoms with Gasteiger partial charge in [-0.3, -0.25) is 9.78 Å². The molecule has 0 aromatic carbocycles. The smallest absolute Gasteiger partial charge is 0.170 e. The van der Waals surface area contributed by atoms with Gasteiger partial charge in [0, 0.05) is 6.20 Å². The van der Waals surface area contributed by atoms with Crippen LogP contribution in [0.2, 0.25) is 0 Å². The van der Waals surface area contributed by atoms with E-state index < -0.39 is 0 Å². The number of carbonyl (C=O) groups is 1. The topological polar surface area (TPSA) is 42.9 Å². The van der Waals surface area contributed by atoms with Crippen molar-refractivity contribution in [3.63, 3.8) is 0 Å². The van der Waals surface area contributed by atoms with Crippen LogP contribution in [-0.4, -0.2) is 16.3 Å². The van der Waals surface area contributed by atoms with Gasteiger partial charge < -0.3 is 0 Å². The normalized spacial score (nSPS) is 10.1. The lowest BCUT2D eigenvalue weighted by Crippen LogP contribution is -1.85. The molecule has 0 aliphatic heterocycles. The highest BCUT2D eigenvalue weighted by Crippen LogP contribution is 2.26. The molecule has 0 saturated carbocycles. The average molecular weight is 204 g/mol. The maximum absolute atomic E-state index is 10.7. The van der Waals surface area contributed by atoms with Gasteiger partial charge in [0.15, 0.2) is 6.29 Å². The van der Waals surface area contributed by atoms with Crippen molar-refractivity contribution < 1.29 is 4.79 Å². The van der Waals surface area contributed by atoms with Gasteiger partial charge in [0.25, 0.3) is 0 Å². The number of hydrogen-bond acceptors (Lipinski definition) is 4. The second-order valence-corrected chi connectivity index (χ2v) is 3.98. The van der Waals surface area contributed by atoms with Crippen LogP contribution in [0.15, 0.2) is 24.4 Å². The van der Waals surface area contributed by atoms with E-state index in [0.717, 1.165) is 21.9 Å². The van der Waals surface area contributed by atoms with Crippen LogP contribution in [-0.2, 0) is 0 Å². The molecule has 4 heteroatoms. The van der Waals surface area contributed by atoms with Crippen molar-refractivity contribution in [3.05, 3.63) is 35.1 Å². The Morgan fingerprint density at radius 2 is 2.29 bits per heavy atom. The molecule has 0 N–H and O–H groups in total. The van der Waals surface area contributed by atoms with Crippen LogP contribution in [0.4, 0.5) is 0 Å². The van der Waals surface area contributed by atoms with Crippen molar-refractivity contribution in [3.8, 4) is 10.6 Å². The number of pyridine rings is 1. The second-order valence-electron chi connectivity index (χ2n) is 2.78. The summed E-state index contributed by atoms with van der Waals surface area (Å²) in [7, 11) is 0. The van der Waals surface area contributed by atoms with Gasteiger partial charge in [0.05, 0.1) is 15.6 Å². The van der Waals surface area contributed by atoms with Crippen LogP contribution < -0.4 is 0 Å². The first kappa shape index (κ1) is 9.02. The van der Waals surface area contributed by atoms with Crippen molar-refractivity contribution in [1.29, 1.82) is 0 Å². The number of rotatable bonds is 2. The largest absolute Gasteiger partial charge is 0.296 e. The van der Waals surface area contributed by atoms with E-state index in [-0.39, 0.29) is 0 Å². The number of nitrogens with zero attached hydrogens (tertiary/aromatic N) is 2. The monoisotopic (exact) mass is 204 g/mol. The summed E-state index contributed by atoms with van der Waals surface area (Å²) < 4.78 is 0. The van der Waals surface area contributed by atoms with E-state index in [2.05, 4.69) is 9.97 Å². The van der Waals surface area contributed by atoms with Crippen molar-refractivity contribution in [2.45, 2.75) is 6.92 Å². The molecule has 0 spiro atoms. The van der Waals surface area contributed by atoms with Crippen LogP contribution >= 0.6 is 11.3 Å². The zero-order valence-electron chi connectivity index (χ0n) is 7.60. The third-order valence-corrected chi connectivity index (χ3v) is 2.78. The van der Waals surface area contributed by atoms with Crippen molar-refractivity contribution in [2.24, 2.45) is 0 Å². The summed E-state index contributed by atoms with van der Waals surface area (Å²) in [4.78, 5) is 19.9. The predicted octanol–water partition coefficient (Wildman–Crippen LogP) is 2.33. The molecule has 2 aromatic heterocycles. The van der Waals surface area contributed by atoms with Gasteiger partial charge in [-0.15, -0.1) is 11.3 Å². The summed E-state index contributed by atoms with van der Waals surface area (Å²) in [6, 6.07) is 5.61. The molecule has 0 atom stereocenters. The summed E-state index contributed by atoms with van der Waals surface area (Å²) in [5.41, 5.74) is 1.28. The fraction of sp³-hybridized carbons (Fsp3) is 0.100. The summed E-state index contributed by atoms with van der Waals surface area (Å²) in [6.45, 7) is 1.88. The quantitative estimate of drug-likeness (QED) is 0.705. The first-order valence-electron chi connectivity index (χ1n) is 4.15.